The fraction of sp³-hybridized carbons (Fsp3) is 0.667. The van der Waals surface area contributed by atoms with E-state index >= 15 is 0 Å². The standard InChI is InChI=1S/C18H27N3O4/c22-17(12-25-16-3-6-19-7-4-16)20-15-2-1-13-5-8-21(11-18(23)24)10-14(13)9-15/h1,9,15-16,19H,2-8,10-12H2,(H,20,22)(H,23,24). The van der Waals surface area contributed by atoms with Gasteiger partial charge in [0.1, 0.15) is 6.61 Å². The quantitative estimate of drug-likeness (QED) is 0.638. The van der Waals surface area contributed by atoms with Crippen LogP contribution in [0.3, 0.4) is 0 Å². The van der Waals surface area contributed by atoms with Crippen LogP contribution >= 0.6 is 0 Å². The van der Waals surface area contributed by atoms with E-state index in [4.69, 9.17) is 9.84 Å². The predicted octanol–water partition coefficient (Wildman–Crippen LogP) is 0.287. The molecule has 138 valence electrons. The van der Waals surface area contributed by atoms with Crippen molar-refractivity contribution in [3.63, 3.8) is 0 Å². The molecule has 2 saturated heterocycles. The van der Waals surface area contributed by atoms with Gasteiger partial charge in [-0.2, -0.15) is 0 Å². The molecule has 3 aliphatic rings. The molecule has 2 heterocycles. The van der Waals surface area contributed by atoms with Gasteiger partial charge in [-0.3, -0.25) is 14.5 Å². The highest BCUT2D eigenvalue weighted by Gasteiger charge is 2.24. The van der Waals surface area contributed by atoms with E-state index in [9.17, 15) is 9.59 Å². The van der Waals surface area contributed by atoms with E-state index in [0.717, 1.165) is 50.9 Å². The van der Waals surface area contributed by atoms with Gasteiger partial charge in [-0.1, -0.05) is 12.2 Å². The molecule has 0 radical (unpaired) electrons. The number of hydrogen-bond donors (Lipinski definition) is 3. The van der Waals surface area contributed by atoms with Crippen LogP contribution in [0.25, 0.3) is 0 Å². The minimum absolute atomic E-state index is 0.0346. The normalized spacial score (nSPS) is 24.9. The van der Waals surface area contributed by atoms with Crippen molar-refractivity contribution >= 4 is 11.9 Å². The first-order valence-electron chi connectivity index (χ1n) is 9.06. The SMILES string of the molecule is O=C(O)CN1CCC2=CCC(NC(=O)COC3CCNCC3)C=C2C1. The number of nitrogens with zero attached hydrogens (tertiary/aromatic N) is 1. The second-order valence-electron chi connectivity index (χ2n) is 6.95. The summed E-state index contributed by atoms with van der Waals surface area (Å²) in [5.41, 5.74) is 2.43. The van der Waals surface area contributed by atoms with Gasteiger partial charge in [-0.05, 0) is 49.9 Å². The zero-order valence-electron chi connectivity index (χ0n) is 14.5. The van der Waals surface area contributed by atoms with Gasteiger partial charge in [0.15, 0.2) is 0 Å². The van der Waals surface area contributed by atoms with E-state index < -0.39 is 5.97 Å². The molecule has 3 N–H and O–H groups in total. The molecule has 7 heteroatoms. The zero-order chi connectivity index (χ0) is 17.6. The molecule has 2 aliphatic heterocycles. The first-order chi connectivity index (χ1) is 12.1. The maximum atomic E-state index is 12.1. The largest absolute Gasteiger partial charge is 0.480 e. The lowest BCUT2D eigenvalue weighted by molar-refractivity contribution is -0.138. The Hall–Kier alpha value is -1.70. The lowest BCUT2D eigenvalue weighted by Crippen LogP contribution is -2.41. The summed E-state index contributed by atoms with van der Waals surface area (Å²) in [7, 11) is 0. The molecule has 7 nitrogen and oxygen atoms in total. The highest BCUT2D eigenvalue weighted by atomic mass is 16.5. The molecule has 2 fully saturated rings. The lowest BCUT2D eigenvalue weighted by atomic mass is 9.89. The molecule has 1 unspecified atom stereocenters. The van der Waals surface area contributed by atoms with Gasteiger partial charge in [0.25, 0.3) is 0 Å². The molecule has 0 bridgehead atoms. The van der Waals surface area contributed by atoms with Gasteiger partial charge in [0.2, 0.25) is 5.91 Å². The van der Waals surface area contributed by atoms with E-state index in [-0.39, 0.29) is 31.2 Å². The van der Waals surface area contributed by atoms with E-state index in [0.29, 0.717) is 6.54 Å². The molecule has 0 saturated carbocycles. The van der Waals surface area contributed by atoms with Crippen LogP contribution in [-0.2, 0) is 14.3 Å². The van der Waals surface area contributed by atoms with Gasteiger partial charge in [0, 0.05) is 13.1 Å². The number of carboxylic acids is 1. The van der Waals surface area contributed by atoms with Crippen molar-refractivity contribution in [3.05, 3.63) is 23.3 Å². The number of ether oxygens (including phenoxy) is 1. The third-order valence-corrected chi connectivity index (χ3v) is 4.97. The fourth-order valence-electron chi connectivity index (χ4n) is 3.66. The van der Waals surface area contributed by atoms with Crippen LogP contribution in [0, 0.1) is 0 Å². The molecule has 0 aromatic carbocycles. The topological polar surface area (TPSA) is 90.9 Å². The van der Waals surface area contributed by atoms with Crippen molar-refractivity contribution in [2.45, 2.75) is 37.8 Å². The molecular formula is C18H27N3O4. The van der Waals surface area contributed by atoms with Crippen molar-refractivity contribution in [2.75, 3.05) is 39.3 Å². The van der Waals surface area contributed by atoms with E-state index in [2.05, 4.69) is 22.8 Å². The van der Waals surface area contributed by atoms with Crippen molar-refractivity contribution in [2.24, 2.45) is 0 Å². The van der Waals surface area contributed by atoms with Crippen LogP contribution < -0.4 is 10.6 Å². The van der Waals surface area contributed by atoms with Crippen molar-refractivity contribution < 1.29 is 19.4 Å². The van der Waals surface area contributed by atoms with E-state index in [1.807, 2.05) is 4.90 Å². The minimum Gasteiger partial charge on any atom is -0.480 e. The molecule has 25 heavy (non-hydrogen) atoms. The summed E-state index contributed by atoms with van der Waals surface area (Å²) in [6, 6.07) is -0.0346. The summed E-state index contributed by atoms with van der Waals surface area (Å²) in [6.07, 6.45) is 7.98. The number of carbonyl (C=O) groups excluding carboxylic acids is 1. The summed E-state index contributed by atoms with van der Waals surface area (Å²) in [5.74, 6) is -0.890. The third kappa shape index (κ3) is 5.39. The summed E-state index contributed by atoms with van der Waals surface area (Å²) in [6.45, 7) is 3.47. The second kappa shape index (κ2) is 8.60. The fourth-order valence-corrected chi connectivity index (χ4v) is 3.66. The predicted molar refractivity (Wildman–Crippen MR) is 93.3 cm³/mol. The Labute approximate surface area is 148 Å². The van der Waals surface area contributed by atoms with E-state index in [1.165, 1.54) is 5.57 Å². The van der Waals surface area contributed by atoms with Crippen LogP contribution in [0.4, 0.5) is 0 Å². The maximum Gasteiger partial charge on any atom is 0.317 e. The second-order valence-corrected chi connectivity index (χ2v) is 6.95. The number of likely N-dealkylation sites (tertiary alicyclic amines) is 1. The van der Waals surface area contributed by atoms with Crippen molar-refractivity contribution in [1.29, 1.82) is 0 Å². The van der Waals surface area contributed by atoms with Gasteiger partial charge >= 0.3 is 5.97 Å². The van der Waals surface area contributed by atoms with Gasteiger partial charge in [0.05, 0.1) is 18.7 Å². The number of amides is 1. The molecule has 0 aromatic rings. The maximum absolute atomic E-state index is 12.1. The number of aliphatic carboxylic acids is 1. The highest BCUT2D eigenvalue weighted by Crippen LogP contribution is 2.27. The van der Waals surface area contributed by atoms with Crippen LogP contribution in [0.15, 0.2) is 23.3 Å². The van der Waals surface area contributed by atoms with Crippen LogP contribution in [-0.4, -0.2) is 73.4 Å². The Morgan fingerprint density at radius 3 is 2.88 bits per heavy atom. The number of carboxylic acid groups (broad SMARTS) is 1. The number of nitrogens with one attached hydrogen (secondary N) is 2. The van der Waals surface area contributed by atoms with Gasteiger partial charge in [-0.25, -0.2) is 0 Å². The number of rotatable bonds is 6. The number of fused-ring (bicyclic) bond motifs is 1. The molecule has 0 aromatic heterocycles. The average molecular weight is 349 g/mol. The van der Waals surface area contributed by atoms with E-state index in [1.54, 1.807) is 0 Å². The summed E-state index contributed by atoms with van der Waals surface area (Å²) >= 11 is 0. The molecule has 0 spiro atoms. The van der Waals surface area contributed by atoms with Crippen molar-refractivity contribution in [1.82, 2.24) is 15.5 Å². The van der Waals surface area contributed by atoms with Crippen molar-refractivity contribution in [3.8, 4) is 0 Å². The number of hydrogen-bond acceptors (Lipinski definition) is 5. The Morgan fingerprint density at radius 1 is 1.32 bits per heavy atom. The lowest BCUT2D eigenvalue weighted by Gasteiger charge is -2.32. The monoisotopic (exact) mass is 349 g/mol. The Bertz CT molecular complexity index is 567. The Balaban J connectivity index is 1.46. The summed E-state index contributed by atoms with van der Waals surface area (Å²) in [5, 5.41) is 15.2. The molecule has 1 aliphatic carbocycles. The first-order valence-corrected chi connectivity index (χ1v) is 9.06. The van der Waals surface area contributed by atoms with Gasteiger partial charge < -0.3 is 20.5 Å². The molecule has 1 atom stereocenters. The van der Waals surface area contributed by atoms with Gasteiger partial charge in [-0.15, -0.1) is 0 Å². The van der Waals surface area contributed by atoms with Crippen LogP contribution in [0.1, 0.15) is 25.7 Å². The summed E-state index contributed by atoms with van der Waals surface area (Å²) in [4.78, 5) is 24.9. The first kappa shape index (κ1) is 18.1. The zero-order valence-corrected chi connectivity index (χ0v) is 14.5. The third-order valence-electron chi connectivity index (χ3n) is 4.97. The number of piperidine rings is 2. The smallest absolute Gasteiger partial charge is 0.317 e. The summed E-state index contributed by atoms with van der Waals surface area (Å²) < 4.78 is 5.69. The Morgan fingerprint density at radius 2 is 2.12 bits per heavy atom. The number of carbonyl (C=O) groups is 2. The molecular weight excluding hydrogens is 322 g/mol. The van der Waals surface area contributed by atoms with Crippen LogP contribution in [0.2, 0.25) is 0 Å². The average Bonchev–Trinajstić information content (AvgIpc) is 2.60. The molecule has 3 rings (SSSR count). The Kier molecular flexibility index (Phi) is 6.23. The minimum atomic E-state index is -0.802. The van der Waals surface area contributed by atoms with Crippen LogP contribution in [0.5, 0.6) is 0 Å². The highest BCUT2D eigenvalue weighted by molar-refractivity contribution is 5.78. The molecule has 1 amide bonds.